The Morgan fingerprint density at radius 1 is 1.10 bits per heavy atom. The Morgan fingerprint density at radius 3 is 2.40 bits per heavy atom. The van der Waals surface area contributed by atoms with Gasteiger partial charge in [-0.1, -0.05) is 18.2 Å². The lowest BCUT2D eigenvalue weighted by molar-refractivity contribution is 0.102. The number of nitrogens with one attached hydrogen (secondary N) is 1. The number of hydrogen-bond acceptors (Lipinski definition) is 3. The van der Waals surface area contributed by atoms with Gasteiger partial charge in [0.25, 0.3) is 11.1 Å². The van der Waals surface area contributed by atoms with Crippen molar-refractivity contribution in [3.05, 3.63) is 58.8 Å². The Labute approximate surface area is 121 Å². The molecule has 1 heterocycles. The number of hydrogen-bond donors (Lipinski definition) is 1. The van der Waals surface area contributed by atoms with Crippen molar-refractivity contribution in [1.82, 2.24) is 4.98 Å². The molecule has 5 heteroatoms. The first kappa shape index (κ1) is 14.2. The third-order valence-corrected chi connectivity index (χ3v) is 3.16. The average molecular weight is 289 g/mol. The van der Waals surface area contributed by atoms with Crippen LogP contribution in [-0.4, -0.2) is 16.1 Å². The van der Waals surface area contributed by atoms with Crippen LogP contribution in [0.3, 0.4) is 0 Å². The first-order valence-corrected chi connectivity index (χ1v) is 6.40. The average Bonchev–Trinajstić information content (AvgIpc) is 2.38. The van der Waals surface area contributed by atoms with Crippen LogP contribution in [-0.2, 0) is 0 Å². The van der Waals surface area contributed by atoms with Crippen LogP contribution >= 0.6 is 11.6 Å². The Morgan fingerprint density at radius 2 is 1.80 bits per heavy atom. The van der Waals surface area contributed by atoms with Gasteiger partial charge < -0.3 is 5.32 Å². The van der Waals surface area contributed by atoms with Crippen molar-refractivity contribution in [2.75, 3.05) is 5.32 Å². The second kappa shape index (κ2) is 5.84. The van der Waals surface area contributed by atoms with Gasteiger partial charge in [-0.3, -0.25) is 9.59 Å². The van der Waals surface area contributed by atoms with Crippen LogP contribution in [0.2, 0.25) is 0 Å². The minimum atomic E-state index is -0.563. The zero-order chi connectivity index (χ0) is 14.7. The van der Waals surface area contributed by atoms with E-state index in [2.05, 4.69) is 10.3 Å². The Bertz CT molecular complexity index is 683. The van der Waals surface area contributed by atoms with Crippen molar-refractivity contribution in [1.29, 1.82) is 0 Å². The van der Waals surface area contributed by atoms with E-state index in [1.807, 2.05) is 19.1 Å². The van der Waals surface area contributed by atoms with E-state index < -0.39 is 5.24 Å². The molecule has 0 saturated carbocycles. The summed E-state index contributed by atoms with van der Waals surface area (Å²) >= 11 is 5.42. The summed E-state index contributed by atoms with van der Waals surface area (Å²) in [7, 11) is 0. The number of amides is 1. The lowest BCUT2D eigenvalue weighted by Crippen LogP contribution is -2.14. The number of nitrogens with zero attached hydrogens (tertiary/aromatic N) is 1. The molecule has 0 bridgehead atoms. The number of anilines is 1. The number of aromatic nitrogens is 1. The molecule has 1 N–H and O–H groups in total. The van der Waals surface area contributed by atoms with Gasteiger partial charge in [0, 0.05) is 11.8 Å². The van der Waals surface area contributed by atoms with E-state index >= 15 is 0 Å². The van der Waals surface area contributed by atoms with Crippen LogP contribution in [0.1, 0.15) is 31.8 Å². The number of halogens is 1. The van der Waals surface area contributed by atoms with Crippen molar-refractivity contribution >= 4 is 28.6 Å². The van der Waals surface area contributed by atoms with E-state index in [9.17, 15) is 9.59 Å². The molecule has 0 aliphatic heterocycles. The minimum absolute atomic E-state index is 0.236. The van der Waals surface area contributed by atoms with Gasteiger partial charge in [0.05, 0.1) is 5.56 Å². The number of aryl methyl sites for hydroxylation is 2. The Hall–Kier alpha value is -2.20. The maximum Gasteiger partial charge on any atom is 0.257 e. The summed E-state index contributed by atoms with van der Waals surface area (Å²) < 4.78 is 0. The summed E-state index contributed by atoms with van der Waals surface area (Å²) in [5.74, 6) is 0.150. The summed E-state index contributed by atoms with van der Waals surface area (Å²) in [5.41, 5.74) is 2.47. The highest BCUT2D eigenvalue weighted by Gasteiger charge is 2.11. The van der Waals surface area contributed by atoms with Gasteiger partial charge in [-0.05, 0) is 48.7 Å². The number of carbonyl (C=O) groups excluding carboxylic acids is 2. The fourth-order valence-electron chi connectivity index (χ4n) is 1.84. The molecule has 1 aromatic carbocycles. The molecule has 0 radical (unpaired) electrons. The Balaban J connectivity index is 2.23. The SMILES string of the molecule is Cc1cc(NC(=O)c2ccccc2C)ncc1C(=O)Cl. The zero-order valence-corrected chi connectivity index (χ0v) is 11.9. The van der Waals surface area contributed by atoms with Gasteiger partial charge >= 0.3 is 0 Å². The highest BCUT2D eigenvalue weighted by molar-refractivity contribution is 6.67. The van der Waals surface area contributed by atoms with Gasteiger partial charge in [-0.25, -0.2) is 4.98 Å². The molecular formula is C15H13ClN2O2. The van der Waals surface area contributed by atoms with Crippen molar-refractivity contribution in [3.8, 4) is 0 Å². The van der Waals surface area contributed by atoms with Gasteiger partial charge in [0.2, 0.25) is 0 Å². The second-order valence-electron chi connectivity index (χ2n) is 4.43. The van der Waals surface area contributed by atoms with Gasteiger partial charge in [0.15, 0.2) is 0 Å². The van der Waals surface area contributed by atoms with E-state index in [-0.39, 0.29) is 5.91 Å². The fourth-order valence-corrected chi connectivity index (χ4v) is 2.04. The molecule has 2 rings (SSSR count). The van der Waals surface area contributed by atoms with E-state index in [0.717, 1.165) is 5.56 Å². The van der Waals surface area contributed by atoms with Crippen LogP contribution in [0.5, 0.6) is 0 Å². The zero-order valence-electron chi connectivity index (χ0n) is 11.1. The van der Waals surface area contributed by atoms with Crippen molar-refractivity contribution in [3.63, 3.8) is 0 Å². The first-order valence-electron chi connectivity index (χ1n) is 6.02. The maximum atomic E-state index is 12.1. The van der Waals surface area contributed by atoms with Crippen molar-refractivity contribution in [2.45, 2.75) is 13.8 Å². The van der Waals surface area contributed by atoms with Gasteiger partial charge in [0.1, 0.15) is 5.82 Å². The van der Waals surface area contributed by atoms with Crippen LogP contribution in [0.4, 0.5) is 5.82 Å². The van der Waals surface area contributed by atoms with Crippen molar-refractivity contribution < 1.29 is 9.59 Å². The maximum absolute atomic E-state index is 12.1. The lowest BCUT2D eigenvalue weighted by atomic mass is 10.1. The molecule has 0 saturated heterocycles. The summed E-state index contributed by atoms with van der Waals surface area (Å²) in [4.78, 5) is 27.2. The third kappa shape index (κ3) is 3.03. The monoisotopic (exact) mass is 288 g/mol. The molecule has 1 amide bonds. The van der Waals surface area contributed by atoms with E-state index in [1.54, 1.807) is 25.1 Å². The van der Waals surface area contributed by atoms with E-state index in [1.165, 1.54) is 6.20 Å². The molecule has 2 aromatic rings. The summed E-state index contributed by atoms with van der Waals surface area (Å²) in [6.07, 6.45) is 1.36. The molecule has 20 heavy (non-hydrogen) atoms. The van der Waals surface area contributed by atoms with E-state index in [4.69, 9.17) is 11.6 Å². The van der Waals surface area contributed by atoms with Gasteiger partial charge in [-0.2, -0.15) is 0 Å². The molecule has 0 unspecified atom stereocenters. The number of pyridine rings is 1. The highest BCUT2D eigenvalue weighted by atomic mass is 35.5. The molecule has 0 aliphatic carbocycles. The van der Waals surface area contributed by atoms with Crippen LogP contribution in [0.15, 0.2) is 36.5 Å². The molecule has 0 spiro atoms. The topological polar surface area (TPSA) is 59.1 Å². The summed E-state index contributed by atoms with van der Waals surface area (Å²) in [6, 6.07) is 8.90. The van der Waals surface area contributed by atoms with Crippen LogP contribution < -0.4 is 5.32 Å². The molecule has 0 aliphatic rings. The predicted molar refractivity (Wildman–Crippen MR) is 78.3 cm³/mol. The summed E-state index contributed by atoms with van der Waals surface area (Å²) in [6.45, 7) is 3.60. The number of carbonyl (C=O) groups is 2. The smallest absolute Gasteiger partial charge is 0.257 e. The second-order valence-corrected chi connectivity index (χ2v) is 4.77. The summed E-state index contributed by atoms with van der Waals surface area (Å²) in [5, 5.41) is 2.14. The molecule has 0 atom stereocenters. The fraction of sp³-hybridized carbons (Fsp3) is 0.133. The highest BCUT2D eigenvalue weighted by Crippen LogP contribution is 2.15. The van der Waals surface area contributed by atoms with Gasteiger partial charge in [-0.15, -0.1) is 0 Å². The normalized spacial score (nSPS) is 10.2. The molecule has 4 nitrogen and oxygen atoms in total. The number of rotatable bonds is 3. The lowest BCUT2D eigenvalue weighted by Gasteiger charge is -2.08. The molecule has 102 valence electrons. The standard InChI is InChI=1S/C15H13ClN2O2/c1-9-5-3-4-6-11(9)15(20)18-13-7-10(2)12(8-17-13)14(16)19/h3-8H,1-2H3,(H,17,18,20). The van der Waals surface area contributed by atoms with Crippen molar-refractivity contribution in [2.24, 2.45) is 0 Å². The minimum Gasteiger partial charge on any atom is -0.307 e. The van der Waals surface area contributed by atoms with Crippen LogP contribution in [0, 0.1) is 13.8 Å². The number of benzene rings is 1. The largest absolute Gasteiger partial charge is 0.307 e. The molecular weight excluding hydrogens is 276 g/mol. The quantitative estimate of drug-likeness (QED) is 0.881. The third-order valence-electron chi connectivity index (χ3n) is 2.95. The Kier molecular flexibility index (Phi) is 4.15. The predicted octanol–water partition coefficient (Wildman–Crippen LogP) is 3.33. The van der Waals surface area contributed by atoms with Crippen LogP contribution in [0.25, 0.3) is 0 Å². The molecule has 0 fully saturated rings. The molecule has 1 aromatic heterocycles. The first-order chi connectivity index (χ1) is 9.49. The van der Waals surface area contributed by atoms with E-state index in [0.29, 0.717) is 22.5 Å².